The number of nitrogens with one attached hydrogen (secondary N) is 1. The molecule has 0 aliphatic carbocycles. The molecule has 1 fully saturated rings. The predicted molar refractivity (Wildman–Crippen MR) is 101 cm³/mol. The number of hydrogen-bond donors (Lipinski definition) is 1. The second kappa shape index (κ2) is 6.48. The van der Waals surface area contributed by atoms with Crippen LogP contribution in [0.25, 0.3) is 10.9 Å². The van der Waals surface area contributed by atoms with E-state index >= 15 is 0 Å². The Hall–Kier alpha value is -1.82. The molecule has 0 amide bonds. The summed E-state index contributed by atoms with van der Waals surface area (Å²) >= 11 is 5.99. The molecule has 0 unspecified atom stereocenters. The lowest BCUT2D eigenvalue weighted by Crippen LogP contribution is -2.23. The van der Waals surface area contributed by atoms with Crippen molar-refractivity contribution < 1.29 is 8.42 Å². The van der Waals surface area contributed by atoms with Crippen LogP contribution in [0, 0.1) is 0 Å². The van der Waals surface area contributed by atoms with Crippen LogP contribution in [0.15, 0.2) is 59.6 Å². The highest BCUT2D eigenvalue weighted by Gasteiger charge is 2.23. The van der Waals surface area contributed by atoms with Crippen LogP contribution in [0.4, 0.5) is 0 Å². The maximum Gasteiger partial charge on any atom is 0.268 e. The number of hydrogen-bond acceptors (Lipinski definition) is 3. The molecule has 3 aromatic rings. The minimum Gasteiger partial charge on any atom is -0.314 e. The summed E-state index contributed by atoms with van der Waals surface area (Å²) in [5.41, 5.74) is 1.76. The third kappa shape index (κ3) is 3.08. The van der Waals surface area contributed by atoms with Crippen LogP contribution in [0.5, 0.6) is 0 Å². The second-order valence-corrected chi connectivity index (χ2v) is 8.68. The van der Waals surface area contributed by atoms with E-state index in [0.717, 1.165) is 30.3 Å². The van der Waals surface area contributed by atoms with E-state index in [1.165, 1.54) is 16.5 Å². The lowest BCUT2D eigenvalue weighted by Gasteiger charge is -2.09. The average molecular weight is 375 g/mol. The zero-order chi connectivity index (χ0) is 17.4. The van der Waals surface area contributed by atoms with Crippen LogP contribution >= 0.6 is 11.6 Å². The molecular weight excluding hydrogens is 356 g/mol. The van der Waals surface area contributed by atoms with Crippen molar-refractivity contribution in [2.75, 3.05) is 6.54 Å². The Kier molecular flexibility index (Phi) is 4.31. The summed E-state index contributed by atoms with van der Waals surface area (Å²) in [5, 5.41) is 4.88. The third-order valence-corrected chi connectivity index (χ3v) is 6.65. The molecule has 1 aliphatic rings. The highest BCUT2D eigenvalue weighted by atomic mass is 35.5. The standard InChI is InChI=1S/C19H19ClN2O2S/c20-15-5-3-7-17(12-15)25(23,24)22-13-14(11-16-6-4-10-21-16)18-8-1-2-9-19(18)22/h1-3,5,7-9,12-13,16,21H,4,6,10-11H2/t16-/m0/s1. The van der Waals surface area contributed by atoms with Crippen LogP contribution in [-0.2, 0) is 16.4 Å². The van der Waals surface area contributed by atoms with Gasteiger partial charge in [-0.15, -0.1) is 0 Å². The minimum atomic E-state index is -3.69. The summed E-state index contributed by atoms with van der Waals surface area (Å²) < 4.78 is 27.7. The highest BCUT2D eigenvalue weighted by Crippen LogP contribution is 2.28. The summed E-state index contributed by atoms with van der Waals surface area (Å²) in [6.45, 7) is 1.03. The third-order valence-electron chi connectivity index (χ3n) is 4.74. The molecule has 1 aliphatic heterocycles. The summed E-state index contributed by atoms with van der Waals surface area (Å²) in [7, 11) is -3.69. The van der Waals surface area contributed by atoms with Gasteiger partial charge in [0.2, 0.25) is 0 Å². The van der Waals surface area contributed by atoms with Gasteiger partial charge in [-0.2, -0.15) is 0 Å². The summed E-state index contributed by atoms with van der Waals surface area (Å²) in [4.78, 5) is 0.200. The minimum absolute atomic E-state index is 0.200. The molecule has 4 nitrogen and oxygen atoms in total. The van der Waals surface area contributed by atoms with Crippen molar-refractivity contribution in [3.8, 4) is 0 Å². The van der Waals surface area contributed by atoms with E-state index in [2.05, 4.69) is 5.32 Å². The smallest absolute Gasteiger partial charge is 0.268 e. The number of rotatable bonds is 4. The first kappa shape index (κ1) is 16.6. The summed E-state index contributed by atoms with van der Waals surface area (Å²) in [6, 6.07) is 14.5. The Bertz CT molecular complexity index is 1020. The second-order valence-electron chi connectivity index (χ2n) is 6.43. The normalized spacial score (nSPS) is 18.0. The van der Waals surface area contributed by atoms with Crippen molar-refractivity contribution >= 4 is 32.5 Å². The van der Waals surface area contributed by atoms with Crippen LogP contribution in [-0.4, -0.2) is 25.0 Å². The lowest BCUT2D eigenvalue weighted by atomic mass is 10.0. The van der Waals surface area contributed by atoms with Gasteiger partial charge in [0.05, 0.1) is 10.4 Å². The van der Waals surface area contributed by atoms with E-state index in [1.807, 2.05) is 24.3 Å². The summed E-state index contributed by atoms with van der Waals surface area (Å²) in [5.74, 6) is 0. The van der Waals surface area contributed by atoms with Crippen molar-refractivity contribution in [3.63, 3.8) is 0 Å². The van der Waals surface area contributed by atoms with Crippen LogP contribution in [0.1, 0.15) is 18.4 Å². The molecular formula is C19H19ClN2O2S. The number of nitrogens with zero attached hydrogens (tertiary/aromatic N) is 1. The van der Waals surface area contributed by atoms with Gasteiger partial charge < -0.3 is 5.32 Å². The van der Waals surface area contributed by atoms with E-state index in [0.29, 0.717) is 16.6 Å². The molecule has 2 aromatic carbocycles. The molecule has 2 heterocycles. The molecule has 0 saturated carbocycles. The van der Waals surface area contributed by atoms with Crippen molar-refractivity contribution in [1.29, 1.82) is 0 Å². The fourth-order valence-corrected chi connectivity index (χ4v) is 5.21. The number of halogens is 1. The van der Waals surface area contributed by atoms with Crippen molar-refractivity contribution in [3.05, 3.63) is 65.3 Å². The topological polar surface area (TPSA) is 51.1 Å². The molecule has 1 saturated heterocycles. The van der Waals surface area contributed by atoms with E-state index in [1.54, 1.807) is 24.4 Å². The Morgan fingerprint density at radius 1 is 1.16 bits per heavy atom. The molecule has 0 bridgehead atoms. The predicted octanol–water partition coefficient (Wildman–Crippen LogP) is 3.83. The van der Waals surface area contributed by atoms with Gasteiger partial charge >= 0.3 is 0 Å². The quantitative estimate of drug-likeness (QED) is 0.755. The molecule has 1 atom stereocenters. The number of benzene rings is 2. The average Bonchev–Trinajstić information content (AvgIpc) is 3.24. The largest absolute Gasteiger partial charge is 0.314 e. The van der Waals surface area contributed by atoms with Gasteiger partial charge in [0.15, 0.2) is 0 Å². The van der Waals surface area contributed by atoms with Crippen molar-refractivity contribution in [2.24, 2.45) is 0 Å². The first-order valence-corrected chi connectivity index (χ1v) is 10.2. The van der Waals surface area contributed by atoms with E-state index < -0.39 is 10.0 Å². The van der Waals surface area contributed by atoms with Crippen molar-refractivity contribution in [1.82, 2.24) is 9.29 Å². The molecule has 25 heavy (non-hydrogen) atoms. The summed E-state index contributed by atoms with van der Waals surface area (Å²) in [6.07, 6.45) is 4.89. The Morgan fingerprint density at radius 3 is 2.76 bits per heavy atom. The Labute approximate surface area is 152 Å². The lowest BCUT2D eigenvalue weighted by molar-refractivity contribution is 0.587. The SMILES string of the molecule is O=S(=O)(c1cccc(Cl)c1)n1cc(C[C@@H]2CCCN2)c2ccccc21. The van der Waals surface area contributed by atoms with Gasteiger partial charge in [0.1, 0.15) is 0 Å². The maximum atomic E-state index is 13.1. The van der Waals surface area contributed by atoms with Crippen LogP contribution in [0.3, 0.4) is 0 Å². The van der Waals surface area contributed by atoms with Gasteiger partial charge in [-0.1, -0.05) is 35.9 Å². The van der Waals surface area contributed by atoms with Crippen LogP contribution in [0.2, 0.25) is 5.02 Å². The van der Waals surface area contributed by atoms with E-state index in [9.17, 15) is 8.42 Å². The molecule has 130 valence electrons. The first-order valence-electron chi connectivity index (χ1n) is 8.39. The van der Waals surface area contributed by atoms with E-state index in [-0.39, 0.29) is 4.90 Å². The van der Waals surface area contributed by atoms with Gasteiger partial charge in [0, 0.05) is 22.6 Å². The van der Waals surface area contributed by atoms with Crippen LogP contribution < -0.4 is 5.32 Å². The molecule has 0 radical (unpaired) electrons. The number of aromatic nitrogens is 1. The Morgan fingerprint density at radius 2 is 2.00 bits per heavy atom. The molecule has 6 heteroatoms. The molecule has 4 rings (SSSR count). The maximum absolute atomic E-state index is 13.1. The zero-order valence-corrected chi connectivity index (χ0v) is 15.2. The monoisotopic (exact) mass is 374 g/mol. The fourth-order valence-electron chi connectivity index (χ4n) is 3.52. The van der Waals surface area contributed by atoms with Gasteiger partial charge in [-0.05, 0) is 55.6 Å². The molecule has 1 N–H and O–H groups in total. The van der Waals surface area contributed by atoms with Gasteiger partial charge in [-0.25, -0.2) is 12.4 Å². The molecule has 1 aromatic heterocycles. The first-order chi connectivity index (χ1) is 12.1. The highest BCUT2D eigenvalue weighted by molar-refractivity contribution is 7.90. The number of fused-ring (bicyclic) bond motifs is 1. The fraction of sp³-hybridized carbons (Fsp3) is 0.263. The van der Waals surface area contributed by atoms with Gasteiger partial charge in [0.25, 0.3) is 10.0 Å². The van der Waals surface area contributed by atoms with E-state index in [4.69, 9.17) is 11.6 Å². The molecule has 0 spiro atoms. The van der Waals surface area contributed by atoms with Gasteiger partial charge in [-0.3, -0.25) is 0 Å². The zero-order valence-electron chi connectivity index (χ0n) is 13.7. The van der Waals surface area contributed by atoms with Crippen molar-refractivity contribution in [2.45, 2.75) is 30.2 Å². The number of para-hydroxylation sites is 1. The Balaban J connectivity index is 1.84.